The van der Waals surface area contributed by atoms with Crippen LogP contribution in [-0.2, 0) is 19.6 Å². The minimum Gasteiger partial charge on any atom is -0.455 e. The number of rotatable bonds is 9. The molecule has 5 heteroatoms. The van der Waals surface area contributed by atoms with E-state index in [-0.39, 0.29) is 23.5 Å². The second kappa shape index (κ2) is 10.7. The fraction of sp³-hybridized carbons (Fsp3) is 0.179. The Kier molecular flexibility index (Phi) is 7.33. The fourth-order valence-corrected chi connectivity index (χ4v) is 3.76. The standard InChI is InChI=1S/C28H27FN2O2/c1-21(24-10-6-3-7-11-24)30-28(32)27-17-16-26(33-27)20-31(18-22-8-4-2-5-9-22)19-23-12-14-25(29)15-13-23/h2-17,21H,18-20H2,1H3,(H,30,32). The second-order valence-electron chi connectivity index (χ2n) is 8.13. The maximum absolute atomic E-state index is 13.3. The van der Waals surface area contributed by atoms with Gasteiger partial charge in [-0.15, -0.1) is 0 Å². The highest BCUT2D eigenvalue weighted by molar-refractivity contribution is 5.91. The number of hydrogen-bond donors (Lipinski definition) is 1. The first-order valence-electron chi connectivity index (χ1n) is 11.0. The zero-order valence-electron chi connectivity index (χ0n) is 18.6. The minimum absolute atomic E-state index is 0.125. The number of nitrogens with zero attached hydrogens (tertiary/aromatic N) is 1. The van der Waals surface area contributed by atoms with Gasteiger partial charge in [-0.1, -0.05) is 72.8 Å². The lowest BCUT2D eigenvalue weighted by atomic mass is 10.1. The molecule has 0 saturated carbocycles. The minimum atomic E-state index is -0.250. The van der Waals surface area contributed by atoms with Crippen molar-refractivity contribution < 1.29 is 13.6 Å². The van der Waals surface area contributed by atoms with Gasteiger partial charge in [0, 0.05) is 13.1 Å². The van der Waals surface area contributed by atoms with Gasteiger partial charge in [0.1, 0.15) is 11.6 Å². The summed E-state index contributed by atoms with van der Waals surface area (Å²) in [5.41, 5.74) is 3.21. The van der Waals surface area contributed by atoms with Crippen LogP contribution in [0.5, 0.6) is 0 Å². The average Bonchev–Trinajstić information content (AvgIpc) is 3.30. The molecule has 33 heavy (non-hydrogen) atoms. The first-order chi connectivity index (χ1) is 16.1. The molecule has 0 spiro atoms. The van der Waals surface area contributed by atoms with Crippen LogP contribution in [0.2, 0.25) is 0 Å². The number of carbonyl (C=O) groups is 1. The lowest BCUT2D eigenvalue weighted by Gasteiger charge is -2.21. The van der Waals surface area contributed by atoms with Crippen molar-refractivity contribution in [1.82, 2.24) is 10.2 Å². The third kappa shape index (κ3) is 6.40. The van der Waals surface area contributed by atoms with Crippen molar-refractivity contribution in [2.24, 2.45) is 0 Å². The van der Waals surface area contributed by atoms with E-state index < -0.39 is 0 Å². The molecule has 4 rings (SSSR count). The van der Waals surface area contributed by atoms with Gasteiger partial charge in [-0.3, -0.25) is 9.69 Å². The Hall–Kier alpha value is -3.70. The van der Waals surface area contributed by atoms with Crippen LogP contribution in [0.15, 0.2) is 101 Å². The quantitative estimate of drug-likeness (QED) is 0.340. The molecule has 0 fully saturated rings. The van der Waals surface area contributed by atoms with E-state index >= 15 is 0 Å². The Balaban J connectivity index is 1.44. The van der Waals surface area contributed by atoms with Gasteiger partial charge in [-0.2, -0.15) is 0 Å². The predicted octanol–water partition coefficient (Wildman–Crippen LogP) is 6.11. The van der Waals surface area contributed by atoms with E-state index in [2.05, 4.69) is 22.3 Å². The van der Waals surface area contributed by atoms with E-state index in [9.17, 15) is 9.18 Å². The normalized spacial score (nSPS) is 12.0. The van der Waals surface area contributed by atoms with Crippen LogP contribution in [0.4, 0.5) is 4.39 Å². The molecule has 3 aromatic carbocycles. The number of carbonyl (C=O) groups excluding carboxylic acids is 1. The molecule has 0 aliphatic carbocycles. The van der Waals surface area contributed by atoms with Crippen LogP contribution in [0, 0.1) is 5.82 Å². The summed E-state index contributed by atoms with van der Waals surface area (Å²) in [6, 6.07) is 29.9. The summed E-state index contributed by atoms with van der Waals surface area (Å²) in [6.07, 6.45) is 0. The summed E-state index contributed by atoms with van der Waals surface area (Å²) in [5.74, 6) is 0.491. The molecule has 168 valence electrons. The summed E-state index contributed by atoms with van der Waals surface area (Å²) >= 11 is 0. The van der Waals surface area contributed by atoms with E-state index in [0.29, 0.717) is 25.4 Å². The summed E-state index contributed by atoms with van der Waals surface area (Å²) in [6.45, 7) is 3.79. The predicted molar refractivity (Wildman–Crippen MR) is 127 cm³/mol. The lowest BCUT2D eigenvalue weighted by molar-refractivity contribution is 0.0907. The lowest BCUT2D eigenvalue weighted by Crippen LogP contribution is -2.26. The molecular weight excluding hydrogens is 415 g/mol. The number of hydrogen-bond acceptors (Lipinski definition) is 3. The largest absolute Gasteiger partial charge is 0.455 e. The van der Waals surface area contributed by atoms with Crippen molar-refractivity contribution in [3.63, 3.8) is 0 Å². The van der Waals surface area contributed by atoms with Gasteiger partial charge in [-0.05, 0) is 47.9 Å². The molecular formula is C28H27FN2O2. The Bertz CT molecular complexity index is 1160. The van der Waals surface area contributed by atoms with Crippen LogP contribution in [0.1, 0.15) is 46.0 Å². The Morgan fingerprint density at radius 3 is 2.09 bits per heavy atom. The van der Waals surface area contributed by atoms with Gasteiger partial charge in [0.25, 0.3) is 5.91 Å². The summed E-state index contributed by atoms with van der Waals surface area (Å²) in [7, 11) is 0. The molecule has 1 aromatic heterocycles. The van der Waals surface area contributed by atoms with Crippen molar-refractivity contribution in [1.29, 1.82) is 0 Å². The number of benzene rings is 3. The van der Waals surface area contributed by atoms with Crippen molar-refractivity contribution in [3.05, 3.63) is 131 Å². The summed E-state index contributed by atoms with van der Waals surface area (Å²) in [5, 5.41) is 2.98. The molecule has 0 aliphatic rings. The molecule has 1 atom stereocenters. The molecule has 0 saturated heterocycles. The van der Waals surface area contributed by atoms with Crippen molar-refractivity contribution in [3.8, 4) is 0 Å². The highest BCUT2D eigenvalue weighted by Crippen LogP contribution is 2.18. The Labute approximate surface area is 193 Å². The first kappa shape index (κ1) is 22.5. The third-order valence-electron chi connectivity index (χ3n) is 5.48. The van der Waals surface area contributed by atoms with Crippen LogP contribution >= 0.6 is 0 Å². The van der Waals surface area contributed by atoms with Crippen LogP contribution < -0.4 is 5.32 Å². The number of nitrogens with one attached hydrogen (secondary N) is 1. The molecule has 0 bridgehead atoms. The van der Waals surface area contributed by atoms with Gasteiger partial charge in [0.2, 0.25) is 0 Å². The monoisotopic (exact) mass is 442 g/mol. The molecule has 1 unspecified atom stereocenters. The molecule has 4 aromatic rings. The molecule has 1 amide bonds. The SMILES string of the molecule is CC(NC(=O)c1ccc(CN(Cc2ccccc2)Cc2ccc(F)cc2)o1)c1ccccc1. The number of halogens is 1. The van der Waals surface area contributed by atoms with E-state index in [0.717, 1.165) is 11.1 Å². The Morgan fingerprint density at radius 2 is 1.42 bits per heavy atom. The van der Waals surface area contributed by atoms with Crippen molar-refractivity contribution >= 4 is 5.91 Å². The second-order valence-corrected chi connectivity index (χ2v) is 8.13. The first-order valence-corrected chi connectivity index (χ1v) is 11.0. The maximum atomic E-state index is 13.3. The highest BCUT2D eigenvalue weighted by Gasteiger charge is 2.17. The Morgan fingerprint density at radius 1 is 0.818 bits per heavy atom. The topological polar surface area (TPSA) is 45.5 Å². The summed E-state index contributed by atoms with van der Waals surface area (Å²) in [4.78, 5) is 14.9. The average molecular weight is 443 g/mol. The molecule has 1 heterocycles. The molecule has 0 aliphatic heterocycles. The third-order valence-corrected chi connectivity index (χ3v) is 5.48. The smallest absolute Gasteiger partial charge is 0.287 e. The van der Waals surface area contributed by atoms with Gasteiger partial charge in [-0.25, -0.2) is 4.39 Å². The maximum Gasteiger partial charge on any atom is 0.287 e. The number of amides is 1. The van der Waals surface area contributed by atoms with E-state index in [1.54, 1.807) is 18.2 Å². The van der Waals surface area contributed by atoms with Crippen LogP contribution in [0.3, 0.4) is 0 Å². The molecule has 4 nitrogen and oxygen atoms in total. The fourth-order valence-electron chi connectivity index (χ4n) is 3.76. The molecule has 0 radical (unpaired) electrons. The van der Waals surface area contributed by atoms with E-state index in [4.69, 9.17) is 4.42 Å². The van der Waals surface area contributed by atoms with Crippen molar-refractivity contribution in [2.75, 3.05) is 0 Å². The zero-order valence-corrected chi connectivity index (χ0v) is 18.6. The zero-order chi connectivity index (χ0) is 23.0. The summed E-state index contributed by atoms with van der Waals surface area (Å²) < 4.78 is 19.2. The van der Waals surface area contributed by atoms with Crippen LogP contribution in [-0.4, -0.2) is 10.8 Å². The van der Waals surface area contributed by atoms with E-state index in [1.165, 1.54) is 17.7 Å². The van der Waals surface area contributed by atoms with Gasteiger partial charge >= 0.3 is 0 Å². The molecule has 1 N–H and O–H groups in total. The van der Waals surface area contributed by atoms with Crippen LogP contribution in [0.25, 0.3) is 0 Å². The van der Waals surface area contributed by atoms with Gasteiger partial charge in [0.05, 0.1) is 12.6 Å². The van der Waals surface area contributed by atoms with Crippen molar-refractivity contribution in [2.45, 2.75) is 32.6 Å². The highest BCUT2D eigenvalue weighted by atomic mass is 19.1. The van der Waals surface area contributed by atoms with E-state index in [1.807, 2.05) is 61.5 Å². The number of furan rings is 1. The van der Waals surface area contributed by atoms with Gasteiger partial charge < -0.3 is 9.73 Å². The van der Waals surface area contributed by atoms with Gasteiger partial charge in [0.15, 0.2) is 5.76 Å².